The first-order chi connectivity index (χ1) is 12.2. The van der Waals surface area contributed by atoms with Gasteiger partial charge in [-0.25, -0.2) is 9.78 Å². The number of anilines is 1. The van der Waals surface area contributed by atoms with E-state index in [0.29, 0.717) is 10.6 Å². The molecule has 8 nitrogen and oxygen atoms in total. The molecule has 0 bridgehead atoms. The molecule has 1 N–H and O–H groups in total. The Labute approximate surface area is 162 Å². The number of esters is 1. The van der Waals surface area contributed by atoms with Crippen LogP contribution in [0.25, 0.3) is 0 Å². The predicted molar refractivity (Wildman–Crippen MR) is 96.0 cm³/mol. The van der Waals surface area contributed by atoms with Crippen LogP contribution >= 0.6 is 34.8 Å². The number of benzene rings is 1. The summed E-state index contributed by atoms with van der Waals surface area (Å²) in [6.07, 6.45) is 1.31. The third-order valence-electron chi connectivity index (χ3n) is 3.18. The molecular weight excluding hydrogens is 409 g/mol. The molecule has 0 aliphatic carbocycles. The van der Waals surface area contributed by atoms with Crippen LogP contribution in [0.15, 0.2) is 24.4 Å². The van der Waals surface area contributed by atoms with Crippen molar-refractivity contribution in [3.63, 3.8) is 0 Å². The highest BCUT2D eigenvalue weighted by Gasteiger charge is 2.19. The van der Waals surface area contributed by atoms with E-state index in [1.54, 1.807) is 6.92 Å². The summed E-state index contributed by atoms with van der Waals surface area (Å²) in [7, 11) is 0. The van der Waals surface area contributed by atoms with Crippen molar-refractivity contribution in [2.24, 2.45) is 0 Å². The molecule has 0 atom stereocenters. The van der Waals surface area contributed by atoms with Crippen molar-refractivity contribution in [3.05, 3.63) is 60.7 Å². The number of halogens is 3. The van der Waals surface area contributed by atoms with Crippen molar-refractivity contribution in [2.45, 2.75) is 6.92 Å². The quantitative estimate of drug-likeness (QED) is 0.445. The number of amides is 1. The van der Waals surface area contributed by atoms with Crippen molar-refractivity contribution in [2.75, 3.05) is 11.9 Å². The van der Waals surface area contributed by atoms with Crippen LogP contribution in [0.2, 0.25) is 15.1 Å². The maximum absolute atomic E-state index is 12.0. The van der Waals surface area contributed by atoms with Gasteiger partial charge in [-0.15, -0.1) is 0 Å². The van der Waals surface area contributed by atoms with Gasteiger partial charge in [0.1, 0.15) is 0 Å². The lowest BCUT2D eigenvalue weighted by molar-refractivity contribution is -0.384. The lowest BCUT2D eigenvalue weighted by Gasteiger charge is -2.10. The fourth-order valence-corrected chi connectivity index (χ4v) is 2.39. The van der Waals surface area contributed by atoms with E-state index in [0.717, 1.165) is 12.1 Å². The monoisotopic (exact) mass is 417 g/mol. The highest BCUT2D eigenvalue weighted by molar-refractivity contribution is 6.37. The van der Waals surface area contributed by atoms with E-state index in [-0.39, 0.29) is 27.1 Å². The number of carbonyl (C=O) groups is 2. The number of hydrogen-bond donors (Lipinski definition) is 1. The number of nitrogens with zero attached hydrogens (tertiary/aromatic N) is 2. The summed E-state index contributed by atoms with van der Waals surface area (Å²) >= 11 is 17.7. The SMILES string of the molecule is Cc1c(Cl)cnc(NC(=O)COC(=O)c2cc([N+](=O)[O-])ccc2Cl)c1Cl. The van der Waals surface area contributed by atoms with Crippen LogP contribution in [0.3, 0.4) is 0 Å². The molecule has 1 aromatic carbocycles. The number of nitro groups is 1. The summed E-state index contributed by atoms with van der Waals surface area (Å²) < 4.78 is 4.82. The van der Waals surface area contributed by atoms with E-state index in [2.05, 4.69) is 10.3 Å². The highest BCUT2D eigenvalue weighted by atomic mass is 35.5. The second-order valence-electron chi connectivity index (χ2n) is 4.94. The van der Waals surface area contributed by atoms with Crippen LogP contribution in [0.1, 0.15) is 15.9 Å². The standard InChI is InChI=1S/C15H10Cl3N3O5/c1-7-11(17)5-19-14(13(7)18)20-12(22)6-26-15(23)9-4-8(21(24)25)2-3-10(9)16/h2-5H,6H2,1H3,(H,19,20,22). The number of carbonyl (C=O) groups excluding carboxylic acids is 2. The molecule has 0 aliphatic heterocycles. The van der Waals surface area contributed by atoms with Crippen LogP contribution in [0, 0.1) is 17.0 Å². The van der Waals surface area contributed by atoms with Crippen LogP contribution in [-0.4, -0.2) is 28.4 Å². The van der Waals surface area contributed by atoms with Crippen molar-refractivity contribution >= 4 is 58.2 Å². The van der Waals surface area contributed by atoms with Gasteiger partial charge in [-0.2, -0.15) is 0 Å². The van der Waals surface area contributed by atoms with E-state index in [9.17, 15) is 19.7 Å². The van der Waals surface area contributed by atoms with E-state index in [4.69, 9.17) is 39.5 Å². The minimum atomic E-state index is -0.986. The van der Waals surface area contributed by atoms with Crippen molar-refractivity contribution < 1.29 is 19.2 Å². The van der Waals surface area contributed by atoms with Crippen LogP contribution in [-0.2, 0) is 9.53 Å². The van der Waals surface area contributed by atoms with Gasteiger partial charge in [-0.3, -0.25) is 14.9 Å². The van der Waals surface area contributed by atoms with E-state index < -0.39 is 23.4 Å². The second kappa shape index (κ2) is 8.31. The number of pyridine rings is 1. The Kier molecular flexibility index (Phi) is 6.36. The van der Waals surface area contributed by atoms with Gasteiger partial charge in [0.2, 0.25) is 0 Å². The molecule has 2 aromatic rings. The summed E-state index contributed by atoms with van der Waals surface area (Å²) in [5.74, 6) is -1.64. The van der Waals surface area contributed by atoms with Gasteiger partial charge in [0.25, 0.3) is 11.6 Å². The summed E-state index contributed by atoms with van der Waals surface area (Å²) in [4.78, 5) is 37.8. The molecule has 11 heteroatoms. The summed E-state index contributed by atoms with van der Waals surface area (Å²) in [5, 5.41) is 13.6. The van der Waals surface area contributed by atoms with Crippen molar-refractivity contribution in [1.29, 1.82) is 0 Å². The van der Waals surface area contributed by atoms with Crippen molar-refractivity contribution in [3.8, 4) is 0 Å². The van der Waals surface area contributed by atoms with Crippen LogP contribution in [0.5, 0.6) is 0 Å². The Hall–Kier alpha value is -2.42. The van der Waals surface area contributed by atoms with Gasteiger partial charge in [-0.05, 0) is 18.6 Å². The molecule has 0 unspecified atom stereocenters. The Morgan fingerprint density at radius 2 is 1.96 bits per heavy atom. The van der Waals surface area contributed by atoms with Crippen LogP contribution < -0.4 is 5.32 Å². The van der Waals surface area contributed by atoms with Gasteiger partial charge in [0, 0.05) is 18.3 Å². The molecule has 0 aliphatic rings. The Balaban J connectivity index is 2.04. The number of aromatic nitrogens is 1. The zero-order chi connectivity index (χ0) is 19.4. The Morgan fingerprint density at radius 3 is 2.62 bits per heavy atom. The fourth-order valence-electron chi connectivity index (χ4n) is 1.80. The average molecular weight is 419 g/mol. The number of ether oxygens (including phenoxy) is 1. The number of non-ortho nitro benzene ring substituents is 1. The van der Waals surface area contributed by atoms with E-state index in [1.807, 2.05) is 0 Å². The molecule has 26 heavy (non-hydrogen) atoms. The molecular formula is C15H10Cl3N3O5. The topological polar surface area (TPSA) is 111 Å². The molecule has 0 saturated carbocycles. The molecule has 1 amide bonds. The molecule has 1 heterocycles. The molecule has 0 saturated heterocycles. The number of rotatable bonds is 5. The molecule has 0 spiro atoms. The van der Waals surface area contributed by atoms with Gasteiger partial charge < -0.3 is 10.1 Å². The number of hydrogen-bond acceptors (Lipinski definition) is 6. The summed E-state index contributed by atoms with van der Waals surface area (Å²) in [6, 6.07) is 3.29. The zero-order valence-corrected chi connectivity index (χ0v) is 15.4. The fraction of sp³-hybridized carbons (Fsp3) is 0.133. The minimum absolute atomic E-state index is 0.0426. The first-order valence-electron chi connectivity index (χ1n) is 6.92. The van der Waals surface area contributed by atoms with Gasteiger partial charge in [0.05, 0.1) is 25.6 Å². The van der Waals surface area contributed by atoms with Gasteiger partial charge >= 0.3 is 5.97 Å². The predicted octanol–water partition coefficient (Wildman–Crippen LogP) is 4.05. The summed E-state index contributed by atoms with van der Waals surface area (Å²) in [6.45, 7) is 0.976. The molecule has 0 radical (unpaired) electrons. The molecule has 1 aromatic heterocycles. The van der Waals surface area contributed by atoms with Gasteiger partial charge in [-0.1, -0.05) is 34.8 Å². The molecule has 2 rings (SSSR count). The lowest BCUT2D eigenvalue weighted by Crippen LogP contribution is -2.22. The third-order valence-corrected chi connectivity index (χ3v) is 4.35. The lowest BCUT2D eigenvalue weighted by atomic mass is 10.2. The Morgan fingerprint density at radius 1 is 1.27 bits per heavy atom. The highest BCUT2D eigenvalue weighted by Crippen LogP contribution is 2.28. The molecule has 136 valence electrons. The maximum atomic E-state index is 12.0. The zero-order valence-electron chi connectivity index (χ0n) is 13.1. The van der Waals surface area contributed by atoms with E-state index >= 15 is 0 Å². The van der Waals surface area contributed by atoms with Crippen molar-refractivity contribution in [1.82, 2.24) is 4.98 Å². The molecule has 0 fully saturated rings. The Bertz CT molecular complexity index is 904. The number of nitro benzene ring substituents is 1. The van der Waals surface area contributed by atoms with E-state index in [1.165, 1.54) is 12.3 Å². The normalized spacial score (nSPS) is 10.3. The second-order valence-corrected chi connectivity index (χ2v) is 6.13. The van der Waals surface area contributed by atoms with Gasteiger partial charge in [0.15, 0.2) is 12.4 Å². The number of nitrogens with one attached hydrogen (secondary N) is 1. The first-order valence-corrected chi connectivity index (χ1v) is 8.05. The smallest absolute Gasteiger partial charge is 0.340 e. The maximum Gasteiger partial charge on any atom is 0.340 e. The minimum Gasteiger partial charge on any atom is -0.452 e. The van der Waals surface area contributed by atoms with Crippen LogP contribution in [0.4, 0.5) is 11.5 Å². The third kappa shape index (κ3) is 4.60. The summed E-state index contributed by atoms with van der Waals surface area (Å²) in [5.41, 5.74) is -0.0374. The largest absolute Gasteiger partial charge is 0.452 e. The first kappa shape index (κ1) is 19.9. The average Bonchev–Trinajstić information content (AvgIpc) is 2.60.